The first kappa shape index (κ1) is 21.3. The van der Waals surface area contributed by atoms with Crippen molar-refractivity contribution in [1.82, 2.24) is 9.88 Å². The molecule has 0 unspecified atom stereocenters. The summed E-state index contributed by atoms with van der Waals surface area (Å²) in [7, 11) is 0. The van der Waals surface area contributed by atoms with Gasteiger partial charge in [0.1, 0.15) is 5.57 Å². The number of para-hydroxylation sites is 1. The van der Waals surface area contributed by atoms with Crippen LogP contribution in [0.2, 0.25) is 0 Å². The lowest BCUT2D eigenvalue weighted by molar-refractivity contribution is -0.122. The number of urea groups is 1. The van der Waals surface area contributed by atoms with E-state index in [-0.39, 0.29) is 5.57 Å². The number of hydrogen-bond acceptors (Lipinski definition) is 3. The standard InChI is InChI=1S/C26H25N3O3/c1-15-10-16(2)12-21(11-15)28-18(4)13-20(19(28)5)14-22-24(30)27-26(32)29(25(22)31)23-9-7-6-8-17(23)3/h6-14H,1-5H3,(H,27,30,32)/b22-14+. The molecule has 0 saturated carbocycles. The third kappa shape index (κ3) is 3.64. The van der Waals surface area contributed by atoms with Crippen molar-refractivity contribution in [2.75, 3.05) is 4.90 Å². The summed E-state index contributed by atoms with van der Waals surface area (Å²) in [5, 5.41) is 2.30. The van der Waals surface area contributed by atoms with Crippen LogP contribution in [0.5, 0.6) is 0 Å². The van der Waals surface area contributed by atoms with Gasteiger partial charge < -0.3 is 4.57 Å². The van der Waals surface area contributed by atoms with E-state index in [4.69, 9.17) is 0 Å². The number of nitrogens with zero attached hydrogens (tertiary/aromatic N) is 2. The normalized spacial score (nSPS) is 15.5. The van der Waals surface area contributed by atoms with Crippen LogP contribution >= 0.6 is 0 Å². The lowest BCUT2D eigenvalue weighted by Crippen LogP contribution is -2.54. The summed E-state index contributed by atoms with van der Waals surface area (Å²) in [4.78, 5) is 39.3. The SMILES string of the molecule is Cc1cc(C)cc(-n2c(C)cc(/C=C3\C(=O)NC(=O)N(c4ccccc4C)C3=O)c2C)c1. The van der Waals surface area contributed by atoms with Crippen molar-refractivity contribution in [3.8, 4) is 5.69 Å². The van der Waals surface area contributed by atoms with E-state index in [2.05, 4.69) is 41.9 Å². The number of benzene rings is 2. The molecule has 6 nitrogen and oxygen atoms in total. The predicted octanol–water partition coefficient (Wildman–Crippen LogP) is 4.69. The van der Waals surface area contributed by atoms with Crippen molar-refractivity contribution in [1.29, 1.82) is 0 Å². The van der Waals surface area contributed by atoms with E-state index >= 15 is 0 Å². The fourth-order valence-electron chi connectivity index (χ4n) is 4.26. The Morgan fingerprint density at radius 1 is 0.844 bits per heavy atom. The number of anilines is 1. The molecule has 0 aliphatic carbocycles. The van der Waals surface area contributed by atoms with Gasteiger partial charge in [0.25, 0.3) is 11.8 Å². The Morgan fingerprint density at radius 3 is 2.16 bits per heavy atom. The molecule has 1 fully saturated rings. The molecule has 2 heterocycles. The first-order chi connectivity index (χ1) is 15.2. The lowest BCUT2D eigenvalue weighted by atomic mass is 10.1. The number of aryl methyl sites for hydroxylation is 4. The van der Waals surface area contributed by atoms with Gasteiger partial charge in [0, 0.05) is 17.1 Å². The van der Waals surface area contributed by atoms with E-state index < -0.39 is 17.8 Å². The van der Waals surface area contributed by atoms with Gasteiger partial charge in [-0.05, 0) is 87.2 Å². The maximum absolute atomic E-state index is 13.2. The molecule has 3 aromatic rings. The summed E-state index contributed by atoms with van der Waals surface area (Å²) in [6.07, 6.45) is 1.57. The van der Waals surface area contributed by atoms with Gasteiger partial charge in [-0.2, -0.15) is 0 Å². The molecule has 0 atom stereocenters. The largest absolute Gasteiger partial charge is 0.335 e. The quantitative estimate of drug-likeness (QED) is 0.487. The smallest absolute Gasteiger partial charge is 0.318 e. The van der Waals surface area contributed by atoms with Crippen LogP contribution in [0.3, 0.4) is 0 Å². The van der Waals surface area contributed by atoms with Crippen LogP contribution < -0.4 is 10.2 Å². The van der Waals surface area contributed by atoms with Crippen LogP contribution in [-0.4, -0.2) is 22.4 Å². The highest BCUT2D eigenvalue weighted by molar-refractivity contribution is 6.39. The molecule has 6 heteroatoms. The van der Waals surface area contributed by atoms with Gasteiger partial charge in [-0.1, -0.05) is 24.3 Å². The second-order valence-electron chi connectivity index (χ2n) is 8.25. The van der Waals surface area contributed by atoms with Gasteiger partial charge >= 0.3 is 6.03 Å². The lowest BCUT2D eigenvalue weighted by Gasteiger charge is -2.27. The fourth-order valence-corrected chi connectivity index (χ4v) is 4.26. The van der Waals surface area contributed by atoms with E-state index in [0.717, 1.165) is 44.2 Å². The van der Waals surface area contributed by atoms with Crippen LogP contribution in [0, 0.1) is 34.6 Å². The maximum Gasteiger partial charge on any atom is 0.335 e. The first-order valence-electron chi connectivity index (χ1n) is 10.4. The Labute approximate surface area is 187 Å². The molecule has 1 N–H and O–H groups in total. The van der Waals surface area contributed by atoms with Gasteiger partial charge in [0.15, 0.2) is 0 Å². The number of carbonyl (C=O) groups is 3. The van der Waals surface area contributed by atoms with Crippen molar-refractivity contribution in [3.63, 3.8) is 0 Å². The minimum atomic E-state index is -0.743. The van der Waals surface area contributed by atoms with Crippen molar-refractivity contribution >= 4 is 29.6 Å². The number of aromatic nitrogens is 1. The molecule has 2 aromatic carbocycles. The molecule has 1 aromatic heterocycles. The summed E-state index contributed by atoms with van der Waals surface area (Å²) >= 11 is 0. The third-order valence-corrected chi connectivity index (χ3v) is 5.69. The summed E-state index contributed by atoms with van der Waals surface area (Å²) < 4.78 is 2.10. The van der Waals surface area contributed by atoms with Crippen LogP contribution in [0.1, 0.15) is 33.6 Å². The summed E-state index contributed by atoms with van der Waals surface area (Å²) in [5.74, 6) is -1.33. The molecule has 1 aliphatic heterocycles. The minimum Gasteiger partial charge on any atom is -0.318 e. The van der Waals surface area contributed by atoms with Gasteiger partial charge in [0.2, 0.25) is 0 Å². The molecule has 1 saturated heterocycles. The van der Waals surface area contributed by atoms with Gasteiger partial charge in [-0.15, -0.1) is 0 Å². The van der Waals surface area contributed by atoms with E-state index in [0.29, 0.717) is 5.69 Å². The Morgan fingerprint density at radius 2 is 1.50 bits per heavy atom. The van der Waals surface area contributed by atoms with E-state index in [1.807, 2.05) is 39.0 Å². The molecule has 0 radical (unpaired) electrons. The summed E-state index contributed by atoms with van der Waals surface area (Å²) in [5.41, 5.74) is 7.11. The number of carbonyl (C=O) groups excluding carboxylic acids is 3. The summed E-state index contributed by atoms with van der Waals surface area (Å²) in [6.45, 7) is 9.85. The molecule has 4 rings (SSSR count). The van der Waals surface area contributed by atoms with Crippen LogP contribution in [0.25, 0.3) is 11.8 Å². The molecule has 162 valence electrons. The average Bonchev–Trinajstić information content (AvgIpc) is 2.98. The van der Waals surface area contributed by atoms with Crippen LogP contribution in [-0.2, 0) is 9.59 Å². The topological polar surface area (TPSA) is 71.4 Å². The Hall–Kier alpha value is -3.93. The molecule has 0 bridgehead atoms. The molecular weight excluding hydrogens is 402 g/mol. The van der Waals surface area contributed by atoms with Crippen LogP contribution in [0.4, 0.5) is 10.5 Å². The van der Waals surface area contributed by atoms with E-state index in [1.165, 1.54) is 0 Å². The van der Waals surface area contributed by atoms with Crippen molar-refractivity contribution in [3.05, 3.63) is 87.7 Å². The van der Waals surface area contributed by atoms with Crippen molar-refractivity contribution < 1.29 is 14.4 Å². The third-order valence-electron chi connectivity index (χ3n) is 5.69. The zero-order valence-electron chi connectivity index (χ0n) is 18.8. The number of rotatable bonds is 3. The Balaban J connectivity index is 1.79. The molecule has 32 heavy (non-hydrogen) atoms. The number of nitrogens with one attached hydrogen (secondary N) is 1. The highest BCUT2D eigenvalue weighted by Crippen LogP contribution is 2.28. The first-order valence-corrected chi connectivity index (χ1v) is 10.4. The summed E-state index contributed by atoms with van der Waals surface area (Å²) in [6, 6.07) is 14.6. The van der Waals surface area contributed by atoms with Crippen LogP contribution in [0.15, 0.2) is 54.1 Å². The number of imide groups is 2. The zero-order chi connectivity index (χ0) is 23.2. The Kier molecular flexibility index (Phi) is 5.30. The van der Waals surface area contributed by atoms with Crippen molar-refractivity contribution in [2.45, 2.75) is 34.6 Å². The highest BCUT2D eigenvalue weighted by Gasteiger charge is 2.37. The second-order valence-corrected chi connectivity index (χ2v) is 8.25. The van der Waals surface area contributed by atoms with E-state index in [9.17, 15) is 14.4 Å². The molecular formula is C26H25N3O3. The maximum atomic E-state index is 13.2. The predicted molar refractivity (Wildman–Crippen MR) is 125 cm³/mol. The molecule has 1 aliphatic rings. The van der Waals surface area contributed by atoms with Crippen molar-refractivity contribution in [2.24, 2.45) is 0 Å². The van der Waals surface area contributed by atoms with Gasteiger partial charge in [-0.25, -0.2) is 9.69 Å². The number of barbiturate groups is 1. The highest BCUT2D eigenvalue weighted by atomic mass is 16.2. The van der Waals surface area contributed by atoms with Gasteiger partial charge in [0.05, 0.1) is 5.69 Å². The van der Waals surface area contributed by atoms with E-state index in [1.54, 1.807) is 18.2 Å². The average molecular weight is 428 g/mol. The fraction of sp³-hybridized carbons (Fsp3) is 0.192. The number of amides is 4. The zero-order valence-corrected chi connectivity index (χ0v) is 18.8. The molecule has 0 spiro atoms. The van der Waals surface area contributed by atoms with Gasteiger partial charge in [-0.3, -0.25) is 14.9 Å². The monoisotopic (exact) mass is 427 g/mol. The number of hydrogen-bond donors (Lipinski definition) is 1. The minimum absolute atomic E-state index is 0.0754. The molecule has 4 amide bonds. The Bertz CT molecular complexity index is 1290. The second kappa shape index (κ2) is 7.96.